The van der Waals surface area contributed by atoms with E-state index in [1.54, 1.807) is 12.1 Å². The number of nitrogens with one attached hydrogen (secondary N) is 1. The van der Waals surface area contributed by atoms with Crippen molar-refractivity contribution in [3.05, 3.63) is 57.6 Å². The third kappa shape index (κ3) is 2.07. The first-order valence-electron chi connectivity index (χ1n) is 5.70. The minimum atomic E-state index is -0.579. The fourth-order valence-corrected chi connectivity index (χ4v) is 2.35. The zero-order chi connectivity index (χ0) is 14.3. The molecule has 0 bridgehead atoms. The summed E-state index contributed by atoms with van der Waals surface area (Å²) in [7, 11) is 0. The molecule has 1 aromatic heterocycles. The van der Waals surface area contributed by atoms with E-state index in [0.717, 1.165) is 0 Å². The van der Waals surface area contributed by atoms with Gasteiger partial charge in [-0.2, -0.15) is 0 Å². The number of benzene rings is 1. The average molecular weight is 309 g/mol. The van der Waals surface area contributed by atoms with Crippen LogP contribution in [0.2, 0.25) is 10.0 Å². The second-order valence-corrected chi connectivity index (χ2v) is 4.99. The second kappa shape index (κ2) is 4.89. The van der Waals surface area contributed by atoms with Crippen LogP contribution < -0.4 is 5.32 Å². The van der Waals surface area contributed by atoms with Gasteiger partial charge in [0.25, 0.3) is 5.91 Å². The van der Waals surface area contributed by atoms with E-state index in [-0.39, 0.29) is 22.1 Å². The van der Waals surface area contributed by atoms with E-state index < -0.39 is 5.82 Å². The Kier molecular flexibility index (Phi) is 3.20. The summed E-state index contributed by atoms with van der Waals surface area (Å²) in [5.74, 6) is -0.954. The third-order valence-electron chi connectivity index (χ3n) is 2.92. The molecule has 0 spiro atoms. The molecule has 6 heteroatoms. The van der Waals surface area contributed by atoms with Crippen molar-refractivity contribution in [3.63, 3.8) is 0 Å². The Morgan fingerprint density at radius 2 is 2.00 bits per heavy atom. The first kappa shape index (κ1) is 13.1. The number of carbonyl (C=O) groups excluding carboxylic acids is 1. The fraction of sp³-hybridized carbons (Fsp3) is 0. The van der Waals surface area contributed by atoms with Gasteiger partial charge in [-0.3, -0.25) is 9.78 Å². The van der Waals surface area contributed by atoms with E-state index >= 15 is 0 Å². The van der Waals surface area contributed by atoms with Crippen molar-refractivity contribution in [1.29, 1.82) is 0 Å². The normalized spacial score (nSPS) is 15.3. The highest BCUT2D eigenvalue weighted by Gasteiger charge is 2.27. The number of anilines is 1. The Morgan fingerprint density at radius 1 is 1.20 bits per heavy atom. The molecule has 100 valence electrons. The molecule has 0 saturated heterocycles. The predicted octanol–water partition coefficient (Wildman–Crippen LogP) is 4.02. The molecule has 0 saturated carbocycles. The number of carbonyl (C=O) groups is 1. The van der Waals surface area contributed by atoms with Gasteiger partial charge in [0.15, 0.2) is 0 Å². The summed E-state index contributed by atoms with van der Waals surface area (Å²) in [6.45, 7) is 0. The summed E-state index contributed by atoms with van der Waals surface area (Å²) in [5, 5.41) is 3.00. The number of hydrogen-bond donors (Lipinski definition) is 1. The Morgan fingerprint density at radius 3 is 2.80 bits per heavy atom. The summed E-state index contributed by atoms with van der Waals surface area (Å²) in [5.41, 5.74) is 1.32. The van der Waals surface area contributed by atoms with Gasteiger partial charge in [0, 0.05) is 11.8 Å². The van der Waals surface area contributed by atoms with Gasteiger partial charge in [0.2, 0.25) is 0 Å². The lowest BCUT2D eigenvalue weighted by Gasteiger charge is -2.01. The third-order valence-corrected chi connectivity index (χ3v) is 3.53. The SMILES string of the molecule is O=C1Nc2c(Cl)ccnc2/C1=C\c1cccc(Cl)c1F. The highest BCUT2D eigenvalue weighted by Crippen LogP contribution is 2.36. The summed E-state index contributed by atoms with van der Waals surface area (Å²) in [6, 6.07) is 6.15. The Balaban J connectivity index is 2.16. The molecule has 2 aromatic rings. The number of fused-ring (bicyclic) bond motifs is 1. The van der Waals surface area contributed by atoms with Crippen LogP contribution in [-0.2, 0) is 4.79 Å². The Bertz CT molecular complexity index is 759. The van der Waals surface area contributed by atoms with Gasteiger partial charge >= 0.3 is 0 Å². The maximum Gasteiger partial charge on any atom is 0.258 e. The van der Waals surface area contributed by atoms with Crippen LogP contribution in [-0.4, -0.2) is 10.9 Å². The molecule has 3 nitrogen and oxygen atoms in total. The average Bonchev–Trinajstić information content (AvgIpc) is 2.74. The molecule has 0 fully saturated rings. The van der Waals surface area contributed by atoms with E-state index in [9.17, 15) is 9.18 Å². The van der Waals surface area contributed by atoms with Crippen LogP contribution in [0.25, 0.3) is 11.6 Å². The van der Waals surface area contributed by atoms with Crippen LogP contribution in [0.3, 0.4) is 0 Å². The molecule has 2 heterocycles. The number of rotatable bonds is 1. The standard InChI is InChI=1S/C14H7Cl2FN2O/c15-9-3-1-2-7(11(9)17)6-8-12-13(19-14(8)20)10(16)4-5-18-12/h1-6H,(H,19,20)/b8-6+. The fourth-order valence-electron chi connectivity index (χ4n) is 1.97. The molecule has 1 aliphatic rings. The highest BCUT2D eigenvalue weighted by atomic mass is 35.5. The number of halogens is 3. The van der Waals surface area contributed by atoms with Crippen LogP contribution in [0.5, 0.6) is 0 Å². The summed E-state index contributed by atoms with van der Waals surface area (Å²) >= 11 is 11.7. The predicted molar refractivity (Wildman–Crippen MR) is 77.2 cm³/mol. The first-order valence-corrected chi connectivity index (χ1v) is 6.45. The van der Waals surface area contributed by atoms with Crippen LogP contribution in [0.1, 0.15) is 11.3 Å². The molecular weight excluding hydrogens is 302 g/mol. The minimum Gasteiger partial charge on any atom is -0.319 e. The zero-order valence-electron chi connectivity index (χ0n) is 9.95. The van der Waals surface area contributed by atoms with Crippen molar-refractivity contribution in [2.75, 3.05) is 5.32 Å². The van der Waals surface area contributed by atoms with Gasteiger partial charge in [-0.25, -0.2) is 4.39 Å². The summed E-state index contributed by atoms with van der Waals surface area (Å²) in [4.78, 5) is 16.1. The lowest BCUT2D eigenvalue weighted by atomic mass is 10.1. The maximum atomic E-state index is 13.9. The van der Waals surface area contributed by atoms with Crippen molar-refractivity contribution >= 4 is 46.4 Å². The van der Waals surface area contributed by atoms with Gasteiger partial charge < -0.3 is 5.32 Å². The van der Waals surface area contributed by atoms with Crippen molar-refractivity contribution in [3.8, 4) is 0 Å². The van der Waals surface area contributed by atoms with Crippen LogP contribution in [0, 0.1) is 5.82 Å². The number of aromatic nitrogens is 1. The lowest BCUT2D eigenvalue weighted by Crippen LogP contribution is -2.04. The molecule has 3 rings (SSSR count). The van der Waals surface area contributed by atoms with Crippen molar-refractivity contribution in [2.45, 2.75) is 0 Å². The molecule has 1 N–H and O–H groups in total. The highest BCUT2D eigenvalue weighted by molar-refractivity contribution is 6.40. The summed E-state index contributed by atoms with van der Waals surface area (Å²) in [6.07, 6.45) is 2.90. The Labute approximate surface area is 124 Å². The molecule has 1 aliphatic heterocycles. The zero-order valence-corrected chi connectivity index (χ0v) is 11.5. The molecular formula is C14H7Cl2FN2O. The smallest absolute Gasteiger partial charge is 0.258 e. The van der Waals surface area contributed by atoms with Crippen LogP contribution in [0.15, 0.2) is 30.5 Å². The van der Waals surface area contributed by atoms with Crippen molar-refractivity contribution in [1.82, 2.24) is 4.98 Å². The molecule has 0 unspecified atom stereocenters. The second-order valence-electron chi connectivity index (χ2n) is 4.17. The Hall–Kier alpha value is -1.91. The minimum absolute atomic E-state index is 0.00275. The number of amides is 1. The van der Waals surface area contributed by atoms with Gasteiger partial charge in [-0.1, -0.05) is 35.3 Å². The van der Waals surface area contributed by atoms with E-state index in [1.165, 1.54) is 24.4 Å². The van der Waals surface area contributed by atoms with Crippen molar-refractivity contribution in [2.24, 2.45) is 0 Å². The molecule has 20 heavy (non-hydrogen) atoms. The number of pyridine rings is 1. The van der Waals surface area contributed by atoms with Crippen LogP contribution in [0.4, 0.5) is 10.1 Å². The molecule has 1 amide bonds. The number of hydrogen-bond acceptors (Lipinski definition) is 2. The van der Waals surface area contributed by atoms with Gasteiger partial charge in [0.1, 0.15) is 11.5 Å². The first-order chi connectivity index (χ1) is 9.58. The quantitative estimate of drug-likeness (QED) is 0.808. The monoisotopic (exact) mass is 308 g/mol. The molecule has 0 aliphatic carbocycles. The van der Waals surface area contributed by atoms with Crippen LogP contribution >= 0.6 is 23.2 Å². The molecule has 0 atom stereocenters. The van der Waals surface area contributed by atoms with E-state index in [2.05, 4.69) is 10.3 Å². The molecule has 1 aromatic carbocycles. The number of nitrogens with zero attached hydrogens (tertiary/aromatic N) is 1. The maximum absolute atomic E-state index is 13.9. The lowest BCUT2D eigenvalue weighted by molar-refractivity contribution is -0.110. The van der Waals surface area contributed by atoms with E-state index in [1.807, 2.05) is 0 Å². The summed E-state index contributed by atoms with van der Waals surface area (Å²) < 4.78 is 13.9. The van der Waals surface area contributed by atoms with Gasteiger partial charge in [-0.15, -0.1) is 0 Å². The molecule has 0 radical (unpaired) electrons. The topological polar surface area (TPSA) is 42.0 Å². The largest absolute Gasteiger partial charge is 0.319 e. The van der Waals surface area contributed by atoms with Crippen molar-refractivity contribution < 1.29 is 9.18 Å². The van der Waals surface area contributed by atoms with E-state index in [0.29, 0.717) is 16.4 Å². The van der Waals surface area contributed by atoms with Gasteiger partial charge in [0.05, 0.1) is 21.3 Å². The van der Waals surface area contributed by atoms with Gasteiger partial charge in [-0.05, 0) is 18.2 Å². The van der Waals surface area contributed by atoms with E-state index in [4.69, 9.17) is 23.2 Å².